The van der Waals surface area contributed by atoms with Crippen LogP contribution in [0.4, 0.5) is 10.5 Å². The first kappa shape index (κ1) is 18.0. The van der Waals surface area contributed by atoms with Crippen LogP contribution in [0.3, 0.4) is 0 Å². The number of para-hydroxylation sites is 1. The number of hydrogen-bond acceptors (Lipinski definition) is 3. The maximum atomic E-state index is 12.5. The summed E-state index contributed by atoms with van der Waals surface area (Å²) < 4.78 is 0. The minimum atomic E-state index is -0.731. The molecule has 2 amide bonds. The van der Waals surface area contributed by atoms with Crippen molar-refractivity contribution in [3.05, 3.63) is 54.6 Å². The summed E-state index contributed by atoms with van der Waals surface area (Å²) in [7, 11) is 1.64. The average molecular weight is 328 g/mol. The number of carbonyl (C=O) groups excluding carboxylic acids is 1. The van der Waals surface area contributed by atoms with Crippen LogP contribution in [0.2, 0.25) is 0 Å². The van der Waals surface area contributed by atoms with Gasteiger partial charge < -0.3 is 20.4 Å². The van der Waals surface area contributed by atoms with Gasteiger partial charge in [0.15, 0.2) is 0 Å². The normalized spacial score (nSPS) is 11.2. The summed E-state index contributed by atoms with van der Waals surface area (Å²) in [5.41, 5.74) is 1.94. The number of carbonyl (C=O) groups is 1. The molecule has 0 saturated carbocycles. The van der Waals surface area contributed by atoms with E-state index in [0.29, 0.717) is 0 Å². The van der Waals surface area contributed by atoms with Crippen LogP contribution in [-0.4, -0.2) is 48.0 Å². The molecule has 0 fully saturated rings. The lowest BCUT2D eigenvalue weighted by Crippen LogP contribution is -2.43. The summed E-state index contributed by atoms with van der Waals surface area (Å²) in [6, 6.07) is 17.1. The number of nitrogens with zero attached hydrogens (tertiary/aromatic N) is 1. The van der Waals surface area contributed by atoms with E-state index in [-0.39, 0.29) is 25.8 Å². The van der Waals surface area contributed by atoms with Crippen molar-refractivity contribution >= 4 is 11.7 Å². The molecule has 0 aliphatic carbocycles. The lowest BCUT2D eigenvalue weighted by atomic mass is 9.92. The second kappa shape index (κ2) is 7.95. The highest BCUT2D eigenvalue weighted by molar-refractivity contribution is 5.94. The van der Waals surface area contributed by atoms with Gasteiger partial charge >= 0.3 is 6.03 Å². The first-order chi connectivity index (χ1) is 11.5. The molecule has 3 N–H and O–H groups in total. The van der Waals surface area contributed by atoms with Crippen LogP contribution in [0.1, 0.15) is 6.92 Å². The number of amides is 2. The van der Waals surface area contributed by atoms with Crippen molar-refractivity contribution in [1.29, 1.82) is 0 Å². The largest absolute Gasteiger partial charge is 0.396 e. The number of aliphatic hydroxyl groups is 2. The minimum Gasteiger partial charge on any atom is -0.396 e. The first-order valence-electron chi connectivity index (χ1n) is 7.87. The molecule has 5 heteroatoms. The highest BCUT2D eigenvalue weighted by Gasteiger charge is 2.26. The SMILES string of the molecule is CN(CC(C)(CO)CO)C(=O)Nc1ccccc1-c1ccccc1. The van der Waals surface area contributed by atoms with Crippen LogP contribution in [0.25, 0.3) is 11.1 Å². The number of nitrogens with one attached hydrogen (secondary N) is 1. The van der Waals surface area contributed by atoms with Crippen LogP contribution in [0.5, 0.6) is 0 Å². The van der Waals surface area contributed by atoms with Crippen LogP contribution in [-0.2, 0) is 0 Å². The highest BCUT2D eigenvalue weighted by Crippen LogP contribution is 2.28. The number of aliphatic hydroxyl groups excluding tert-OH is 2. The molecule has 0 aliphatic rings. The van der Waals surface area contributed by atoms with Gasteiger partial charge in [-0.25, -0.2) is 4.79 Å². The van der Waals surface area contributed by atoms with Crippen molar-refractivity contribution in [2.45, 2.75) is 6.92 Å². The van der Waals surface area contributed by atoms with E-state index in [1.54, 1.807) is 14.0 Å². The van der Waals surface area contributed by atoms with Gasteiger partial charge in [-0.1, -0.05) is 55.5 Å². The van der Waals surface area contributed by atoms with Crippen molar-refractivity contribution in [2.24, 2.45) is 5.41 Å². The van der Waals surface area contributed by atoms with Crippen molar-refractivity contribution in [3.63, 3.8) is 0 Å². The van der Waals surface area contributed by atoms with Crippen LogP contribution < -0.4 is 5.32 Å². The second-order valence-electron chi connectivity index (χ2n) is 6.32. The van der Waals surface area contributed by atoms with E-state index in [1.165, 1.54) is 4.90 Å². The molecule has 0 unspecified atom stereocenters. The molecule has 0 radical (unpaired) electrons. The molecule has 0 spiro atoms. The quantitative estimate of drug-likeness (QED) is 0.763. The number of urea groups is 1. The molecule has 0 saturated heterocycles. The minimum absolute atomic E-state index is 0.193. The molecule has 0 atom stereocenters. The molecule has 0 aromatic heterocycles. The fraction of sp³-hybridized carbons (Fsp3) is 0.316. The Hall–Kier alpha value is -2.37. The maximum absolute atomic E-state index is 12.5. The highest BCUT2D eigenvalue weighted by atomic mass is 16.3. The second-order valence-corrected chi connectivity index (χ2v) is 6.32. The number of anilines is 1. The molecule has 2 aromatic carbocycles. The smallest absolute Gasteiger partial charge is 0.321 e. The Morgan fingerprint density at radius 2 is 1.62 bits per heavy atom. The molecular weight excluding hydrogens is 304 g/mol. The van der Waals surface area contributed by atoms with E-state index in [0.717, 1.165) is 16.8 Å². The third-order valence-electron chi connectivity index (χ3n) is 3.98. The molecule has 0 heterocycles. The van der Waals surface area contributed by atoms with Gasteiger partial charge in [-0.2, -0.15) is 0 Å². The monoisotopic (exact) mass is 328 g/mol. The molecule has 0 aliphatic heterocycles. The summed E-state index contributed by atoms with van der Waals surface area (Å²) in [5.74, 6) is 0. The van der Waals surface area contributed by atoms with Crippen molar-refractivity contribution in [1.82, 2.24) is 4.90 Å². The Labute approximate surface area is 142 Å². The molecule has 128 valence electrons. The van der Waals surface area contributed by atoms with Gasteiger partial charge in [-0.3, -0.25) is 0 Å². The van der Waals surface area contributed by atoms with E-state index in [9.17, 15) is 15.0 Å². The summed E-state index contributed by atoms with van der Waals surface area (Å²) in [5, 5.41) is 21.7. The molecule has 2 aromatic rings. The topological polar surface area (TPSA) is 72.8 Å². The fourth-order valence-corrected chi connectivity index (χ4v) is 2.47. The van der Waals surface area contributed by atoms with Gasteiger partial charge in [0.1, 0.15) is 0 Å². The Morgan fingerprint density at radius 1 is 1.04 bits per heavy atom. The van der Waals surface area contributed by atoms with Crippen LogP contribution in [0.15, 0.2) is 54.6 Å². The molecule has 2 rings (SSSR count). The van der Waals surface area contributed by atoms with Crippen LogP contribution in [0, 0.1) is 5.41 Å². The van der Waals surface area contributed by atoms with Gasteiger partial charge in [0.05, 0.1) is 18.9 Å². The zero-order chi connectivity index (χ0) is 17.6. The zero-order valence-electron chi connectivity index (χ0n) is 14.1. The molecule has 24 heavy (non-hydrogen) atoms. The van der Waals surface area contributed by atoms with Gasteiger partial charge in [0.2, 0.25) is 0 Å². The first-order valence-corrected chi connectivity index (χ1v) is 7.87. The molecule has 0 bridgehead atoms. The van der Waals surface area contributed by atoms with E-state index < -0.39 is 5.41 Å². The standard InChI is InChI=1S/C19H24N2O3/c1-19(13-22,14-23)12-21(2)18(24)20-17-11-7-6-10-16(17)15-8-4-3-5-9-15/h3-11,22-23H,12-14H2,1-2H3,(H,20,24). The van der Waals surface area contributed by atoms with Gasteiger partial charge in [-0.15, -0.1) is 0 Å². The maximum Gasteiger partial charge on any atom is 0.321 e. The predicted octanol–water partition coefficient (Wildman–Crippen LogP) is 2.81. The zero-order valence-corrected chi connectivity index (χ0v) is 14.1. The Morgan fingerprint density at radius 3 is 2.25 bits per heavy atom. The van der Waals surface area contributed by atoms with Crippen molar-refractivity contribution in [3.8, 4) is 11.1 Å². The van der Waals surface area contributed by atoms with Crippen molar-refractivity contribution in [2.75, 3.05) is 32.1 Å². The summed E-state index contributed by atoms with van der Waals surface area (Å²) >= 11 is 0. The summed E-state index contributed by atoms with van der Waals surface area (Å²) in [4.78, 5) is 13.9. The third kappa shape index (κ3) is 4.34. The van der Waals surface area contributed by atoms with Gasteiger partial charge in [-0.05, 0) is 11.6 Å². The lowest BCUT2D eigenvalue weighted by Gasteiger charge is -2.30. The van der Waals surface area contributed by atoms with Gasteiger partial charge in [0.25, 0.3) is 0 Å². The van der Waals surface area contributed by atoms with Crippen molar-refractivity contribution < 1.29 is 15.0 Å². The third-order valence-corrected chi connectivity index (χ3v) is 3.98. The van der Waals surface area contributed by atoms with Crippen LogP contribution >= 0.6 is 0 Å². The number of benzene rings is 2. The molecular formula is C19H24N2O3. The summed E-state index contributed by atoms with van der Waals surface area (Å²) in [6.45, 7) is 1.59. The fourth-order valence-electron chi connectivity index (χ4n) is 2.47. The number of rotatable bonds is 6. The van der Waals surface area contributed by atoms with E-state index in [4.69, 9.17) is 0 Å². The lowest BCUT2D eigenvalue weighted by molar-refractivity contribution is 0.0509. The molecule has 5 nitrogen and oxygen atoms in total. The Balaban J connectivity index is 2.15. The van der Waals surface area contributed by atoms with E-state index in [2.05, 4.69) is 5.32 Å². The summed E-state index contributed by atoms with van der Waals surface area (Å²) in [6.07, 6.45) is 0. The number of hydrogen-bond donors (Lipinski definition) is 3. The Bertz CT molecular complexity index is 669. The van der Waals surface area contributed by atoms with Gasteiger partial charge in [0, 0.05) is 24.6 Å². The van der Waals surface area contributed by atoms with E-state index in [1.807, 2.05) is 54.6 Å². The average Bonchev–Trinajstić information content (AvgIpc) is 2.62. The van der Waals surface area contributed by atoms with E-state index >= 15 is 0 Å². The Kier molecular flexibility index (Phi) is 5.95. The predicted molar refractivity (Wildman–Crippen MR) is 95.8 cm³/mol.